The van der Waals surface area contributed by atoms with Crippen molar-refractivity contribution < 1.29 is 14.1 Å². The van der Waals surface area contributed by atoms with E-state index in [2.05, 4.69) is 118 Å². The van der Waals surface area contributed by atoms with Gasteiger partial charge in [0.2, 0.25) is 11.7 Å². The Labute approximate surface area is 205 Å². The number of pyridine rings is 2. The van der Waals surface area contributed by atoms with Crippen LogP contribution in [0.5, 0.6) is 11.5 Å². The topological polar surface area (TPSA) is 21.4 Å². The maximum Gasteiger partial charge on any atom is 0.360 e. The summed E-state index contributed by atoms with van der Waals surface area (Å²) in [7, 11) is 0. The van der Waals surface area contributed by atoms with E-state index in [9.17, 15) is 0 Å². The summed E-state index contributed by atoms with van der Waals surface area (Å²) in [6.45, 7) is 2.17. The number of fused-ring (bicyclic) bond motifs is 8. The molecule has 4 aromatic carbocycles. The summed E-state index contributed by atoms with van der Waals surface area (Å²) < 4.78 is 14.5. The molecule has 0 bridgehead atoms. The summed E-state index contributed by atoms with van der Waals surface area (Å²) in [5, 5.41) is 3.76. The predicted molar refractivity (Wildman–Crippen MR) is 139 cm³/mol. The summed E-state index contributed by atoms with van der Waals surface area (Å²) >= 11 is 0. The Morgan fingerprint density at radius 3 is 2.53 bits per heavy atom. The quantitative estimate of drug-likeness (QED) is 0.148. The maximum absolute atomic E-state index is 6.68. The minimum absolute atomic E-state index is 0.441. The van der Waals surface area contributed by atoms with Crippen LogP contribution >= 0.6 is 0 Å². The number of rotatable bonds is 0. The Bertz CT molecular complexity index is 2210. The molecule has 0 N–H and O–H groups in total. The van der Waals surface area contributed by atoms with Crippen molar-refractivity contribution >= 4 is 49.7 Å². The Hall–Kier alpha value is -4.74. The standard InChI is InChI=1S/C31H19N4O/c1-18-15-16-32-25(17-18)21-8-6-12-26-29(21)35(32)30-27(36-26)14-13-20-19-7-2-3-9-22(19)33-23-10-4-5-11-24(23)34(35)31(33)28(20)30/h2-17H,1H3/q+3. The normalized spacial score (nSPS) is 17.9. The average Bonchev–Trinajstić information content (AvgIpc) is 3.52. The largest absolute Gasteiger partial charge is 0.444 e. The van der Waals surface area contributed by atoms with Gasteiger partial charge < -0.3 is 4.74 Å². The summed E-state index contributed by atoms with van der Waals surface area (Å²) in [5.41, 5.74) is 10.8. The highest BCUT2D eigenvalue weighted by atomic mass is 16.5. The third kappa shape index (κ3) is 1.59. The second-order valence-corrected chi connectivity index (χ2v) is 10.1. The summed E-state index contributed by atoms with van der Waals surface area (Å²) in [5.74, 6) is 1.83. The minimum Gasteiger partial charge on any atom is -0.444 e. The molecular formula is C31H19N4O+3. The van der Waals surface area contributed by atoms with Crippen LogP contribution in [0, 0.1) is 6.92 Å². The van der Waals surface area contributed by atoms with Gasteiger partial charge in [-0.2, -0.15) is 4.40 Å². The molecule has 3 aromatic heterocycles. The molecule has 166 valence electrons. The fourth-order valence-electron chi connectivity index (χ4n) is 7.15. The number of benzene rings is 4. The number of nitrogens with zero attached hydrogens (tertiary/aromatic N) is 4. The molecule has 1 atom stereocenters. The number of hydrogen-bond donors (Lipinski definition) is 0. The van der Waals surface area contributed by atoms with Gasteiger partial charge in [-0.05, 0) is 55.0 Å². The van der Waals surface area contributed by atoms with E-state index in [1.165, 1.54) is 66.6 Å². The van der Waals surface area contributed by atoms with Crippen LogP contribution < -0.4 is 18.8 Å². The molecule has 3 aliphatic rings. The summed E-state index contributed by atoms with van der Waals surface area (Å²) in [6.07, 6.45) is 2.25. The van der Waals surface area contributed by atoms with Gasteiger partial charge in [0.1, 0.15) is 15.8 Å². The van der Waals surface area contributed by atoms with Crippen LogP contribution in [0.3, 0.4) is 0 Å². The van der Waals surface area contributed by atoms with Gasteiger partial charge >= 0.3 is 11.3 Å². The van der Waals surface area contributed by atoms with Gasteiger partial charge in [-0.3, -0.25) is 0 Å². The van der Waals surface area contributed by atoms with Gasteiger partial charge in [-0.15, -0.1) is 0 Å². The van der Waals surface area contributed by atoms with Crippen molar-refractivity contribution in [1.82, 2.24) is 9.10 Å². The van der Waals surface area contributed by atoms with E-state index >= 15 is 0 Å². The van der Waals surface area contributed by atoms with Gasteiger partial charge in [-0.1, -0.05) is 36.4 Å². The zero-order valence-electron chi connectivity index (χ0n) is 19.4. The molecule has 5 heteroatoms. The Morgan fingerprint density at radius 2 is 1.58 bits per heavy atom. The molecule has 10 rings (SSSR count). The van der Waals surface area contributed by atoms with Crippen molar-refractivity contribution in [3.05, 3.63) is 103 Å². The third-order valence-corrected chi connectivity index (χ3v) is 8.37. The maximum atomic E-state index is 6.68. The fourth-order valence-corrected chi connectivity index (χ4v) is 7.15. The van der Waals surface area contributed by atoms with E-state index in [4.69, 9.17) is 4.74 Å². The van der Waals surface area contributed by atoms with E-state index in [0.29, 0.717) is 4.70 Å². The lowest BCUT2D eigenvalue weighted by Crippen LogP contribution is -2.81. The van der Waals surface area contributed by atoms with Crippen LogP contribution in [0.1, 0.15) is 5.56 Å². The molecular weight excluding hydrogens is 444 g/mol. The zero-order valence-corrected chi connectivity index (χ0v) is 19.4. The van der Waals surface area contributed by atoms with Crippen molar-refractivity contribution in [2.24, 2.45) is 0 Å². The smallest absolute Gasteiger partial charge is 0.360 e. The first-order valence-electron chi connectivity index (χ1n) is 12.4. The van der Waals surface area contributed by atoms with Crippen LogP contribution in [-0.4, -0.2) is 4.40 Å². The lowest BCUT2D eigenvalue weighted by molar-refractivity contribution is -1.01. The number of quaternary nitrogens is 1. The number of para-hydroxylation sites is 4. The molecule has 5 nitrogen and oxygen atoms in total. The van der Waals surface area contributed by atoms with E-state index in [-0.39, 0.29) is 0 Å². The van der Waals surface area contributed by atoms with Crippen molar-refractivity contribution in [1.29, 1.82) is 0 Å². The molecule has 0 saturated heterocycles. The lowest BCUT2D eigenvalue weighted by Gasteiger charge is -2.26. The van der Waals surface area contributed by atoms with Crippen LogP contribution in [0.4, 0.5) is 11.4 Å². The zero-order chi connectivity index (χ0) is 23.3. The van der Waals surface area contributed by atoms with Crippen LogP contribution in [-0.2, 0) is 0 Å². The van der Waals surface area contributed by atoms with Crippen molar-refractivity contribution in [3.8, 4) is 22.8 Å². The molecule has 7 aromatic rings. The van der Waals surface area contributed by atoms with Crippen molar-refractivity contribution in [2.45, 2.75) is 6.92 Å². The molecule has 1 spiro atoms. The Morgan fingerprint density at radius 1 is 0.750 bits per heavy atom. The highest BCUT2D eigenvalue weighted by Crippen LogP contribution is 2.61. The third-order valence-electron chi connectivity index (χ3n) is 8.37. The monoisotopic (exact) mass is 463 g/mol. The molecule has 0 saturated carbocycles. The molecule has 1 unspecified atom stereocenters. The van der Waals surface area contributed by atoms with Gasteiger partial charge in [0.25, 0.3) is 11.4 Å². The molecule has 3 aliphatic heterocycles. The molecule has 0 fully saturated rings. The van der Waals surface area contributed by atoms with Crippen molar-refractivity contribution in [2.75, 3.05) is 0 Å². The fraction of sp³-hybridized carbons (Fsp3) is 0.0323. The van der Waals surface area contributed by atoms with E-state index in [0.717, 1.165) is 11.5 Å². The van der Waals surface area contributed by atoms with Crippen LogP contribution in [0.15, 0.2) is 97.2 Å². The summed E-state index contributed by atoms with van der Waals surface area (Å²) in [6, 6.07) is 32.9. The number of ether oxygens (including phenoxy) is 1. The molecule has 0 aliphatic carbocycles. The Kier molecular flexibility index (Phi) is 2.65. The number of hydrogen-bond acceptors (Lipinski definition) is 1. The molecule has 0 amide bonds. The van der Waals surface area contributed by atoms with Gasteiger partial charge in [0, 0.05) is 32.3 Å². The van der Waals surface area contributed by atoms with Gasteiger partial charge in [0.15, 0.2) is 22.4 Å². The van der Waals surface area contributed by atoms with E-state index in [1.807, 2.05) is 0 Å². The number of imidazole rings is 1. The Balaban J connectivity index is 1.61. The van der Waals surface area contributed by atoms with E-state index in [1.54, 1.807) is 0 Å². The number of aromatic nitrogens is 3. The van der Waals surface area contributed by atoms with E-state index < -0.39 is 0 Å². The first-order valence-corrected chi connectivity index (χ1v) is 12.4. The first-order chi connectivity index (χ1) is 17.8. The lowest BCUT2D eigenvalue weighted by atomic mass is 10.0. The second kappa shape index (κ2) is 5.40. The first kappa shape index (κ1) is 17.7. The van der Waals surface area contributed by atoms with Crippen LogP contribution in [0.2, 0.25) is 0 Å². The molecule has 36 heavy (non-hydrogen) atoms. The SMILES string of the molecule is Cc1cc[n+]2c(c1)-c1cccc3c1[N+]21c2c(ccc4c5ccccc5n5c6ccccc6[n+]1c5c24)O3. The predicted octanol–water partition coefficient (Wildman–Crippen LogP) is 6.25. The highest BCUT2D eigenvalue weighted by Gasteiger charge is 2.70. The molecule has 6 heterocycles. The average molecular weight is 464 g/mol. The minimum atomic E-state index is 0.441. The number of aryl methyl sites for hydroxylation is 1. The van der Waals surface area contributed by atoms with Crippen LogP contribution in [0.25, 0.3) is 49.6 Å². The highest BCUT2D eigenvalue weighted by molar-refractivity contribution is 6.19. The van der Waals surface area contributed by atoms with Gasteiger partial charge in [0.05, 0.1) is 0 Å². The molecule has 0 radical (unpaired) electrons. The van der Waals surface area contributed by atoms with Gasteiger partial charge in [-0.25, -0.2) is 0 Å². The second-order valence-electron chi connectivity index (χ2n) is 10.1. The summed E-state index contributed by atoms with van der Waals surface area (Å²) in [4.78, 5) is 0. The van der Waals surface area contributed by atoms with Crippen molar-refractivity contribution in [3.63, 3.8) is 0 Å².